The Morgan fingerprint density at radius 3 is 2.20 bits per heavy atom. The van der Waals surface area contributed by atoms with Crippen molar-refractivity contribution in [1.82, 2.24) is 0 Å². The minimum absolute atomic E-state index is 0.0105. The van der Waals surface area contributed by atoms with Gasteiger partial charge in [-0.1, -0.05) is 69.3 Å². The number of para-hydroxylation sites is 1. The molecule has 0 heterocycles. The van der Waals surface area contributed by atoms with Gasteiger partial charge in [-0.25, -0.2) is 0 Å². The molecule has 2 rings (SSSR count). The second-order valence-corrected chi connectivity index (χ2v) is 6.01. The lowest BCUT2D eigenvalue weighted by Crippen LogP contribution is -2.19. The Morgan fingerprint density at radius 1 is 0.950 bits per heavy atom. The zero-order valence-electron chi connectivity index (χ0n) is 12.3. The fraction of sp³-hybridized carbons (Fsp3) is 0.278. The molecule has 0 atom stereocenters. The monoisotopic (exact) mass is 267 g/mol. The molecule has 0 aromatic heterocycles. The molecule has 1 N–H and O–H groups in total. The molecule has 0 saturated carbocycles. The van der Waals surface area contributed by atoms with Crippen molar-refractivity contribution in [3.8, 4) is 0 Å². The number of anilines is 1. The fourth-order valence-corrected chi connectivity index (χ4v) is 2.22. The lowest BCUT2D eigenvalue weighted by molar-refractivity contribution is -0.115. The highest BCUT2D eigenvalue weighted by atomic mass is 16.1. The van der Waals surface area contributed by atoms with Crippen molar-refractivity contribution in [1.29, 1.82) is 0 Å². The third-order valence-corrected chi connectivity index (χ3v) is 3.22. The van der Waals surface area contributed by atoms with Crippen LogP contribution in [0.25, 0.3) is 0 Å². The van der Waals surface area contributed by atoms with Crippen LogP contribution in [0.1, 0.15) is 31.9 Å². The minimum atomic E-state index is 0.0105. The van der Waals surface area contributed by atoms with Crippen LogP contribution < -0.4 is 5.32 Å². The molecular formula is C18H21NO. The number of rotatable bonds is 3. The van der Waals surface area contributed by atoms with Gasteiger partial charge in [0.15, 0.2) is 0 Å². The number of amides is 1. The molecule has 1 amide bonds. The molecule has 0 bridgehead atoms. The largest absolute Gasteiger partial charge is 0.326 e. The van der Waals surface area contributed by atoms with E-state index in [4.69, 9.17) is 0 Å². The molecule has 0 unspecified atom stereocenters. The number of hydrogen-bond acceptors (Lipinski definition) is 1. The van der Waals surface area contributed by atoms with Gasteiger partial charge in [-0.3, -0.25) is 4.79 Å². The number of hydrogen-bond donors (Lipinski definition) is 1. The summed E-state index contributed by atoms with van der Waals surface area (Å²) in [6.07, 6.45) is 0.402. The molecule has 0 saturated heterocycles. The first-order valence-electron chi connectivity index (χ1n) is 6.90. The Balaban J connectivity index is 2.13. The van der Waals surface area contributed by atoms with Gasteiger partial charge >= 0.3 is 0 Å². The van der Waals surface area contributed by atoms with Gasteiger partial charge in [-0.05, 0) is 22.6 Å². The summed E-state index contributed by atoms with van der Waals surface area (Å²) < 4.78 is 0. The highest BCUT2D eigenvalue weighted by Crippen LogP contribution is 2.29. The molecule has 0 fully saturated rings. The highest BCUT2D eigenvalue weighted by Gasteiger charge is 2.18. The predicted molar refractivity (Wildman–Crippen MR) is 83.9 cm³/mol. The van der Waals surface area contributed by atoms with Crippen LogP contribution in [-0.2, 0) is 16.6 Å². The zero-order valence-corrected chi connectivity index (χ0v) is 12.3. The first-order chi connectivity index (χ1) is 9.47. The Kier molecular flexibility index (Phi) is 4.23. The van der Waals surface area contributed by atoms with Crippen LogP contribution in [0.4, 0.5) is 5.69 Å². The predicted octanol–water partition coefficient (Wildman–Crippen LogP) is 4.17. The minimum Gasteiger partial charge on any atom is -0.326 e. The van der Waals surface area contributed by atoms with E-state index >= 15 is 0 Å². The molecule has 2 nitrogen and oxygen atoms in total. The van der Waals surface area contributed by atoms with Gasteiger partial charge in [0, 0.05) is 5.69 Å². The topological polar surface area (TPSA) is 29.1 Å². The van der Waals surface area contributed by atoms with Crippen LogP contribution in [0.2, 0.25) is 0 Å². The normalized spacial score (nSPS) is 11.2. The summed E-state index contributed by atoms with van der Waals surface area (Å²) in [5.41, 5.74) is 3.09. The van der Waals surface area contributed by atoms with E-state index in [1.807, 2.05) is 48.5 Å². The van der Waals surface area contributed by atoms with Gasteiger partial charge in [0.05, 0.1) is 6.42 Å². The molecule has 104 valence electrons. The number of carbonyl (C=O) groups is 1. The first-order valence-corrected chi connectivity index (χ1v) is 6.90. The van der Waals surface area contributed by atoms with Crippen molar-refractivity contribution in [3.05, 3.63) is 65.7 Å². The first kappa shape index (κ1) is 14.3. The maximum absolute atomic E-state index is 12.1. The standard InChI is InChI=1S/C18H21NO/c1-18(2,3)15-11-7-8-12-16(15)19-17(20)13-14-9-5-4-6-10-14/h4-12H,13H2,1-3H3,(H,19,20). The second kappa shape index (κ2) is 5.91. The molecule has 2 heteroatoms. The van der Waals surface area contributed by atoms with E-state index in [9.17, 15) is 4.79 Å². The van der Waals surface area contributed by atoms with E-state index in [2.05, 4.69) is 32.2 Å². The van der Waals surface area contributed by atoms with Crippen LogP contribution in [-0.4, -0.2) is 5.91 Å². The van der Waals surface area contributed by atoms with Crippen molar-refractivity contribution in [2.75, 3.05) is 5.32 Å². The highest BCUT2D eigenvalue weighted by molar-refractivity contribution is 5.93. The molecule has 2 aromatic rings. The van der Waals surface area contributed by atoms with Crippen molar-refractivity contribution >= 4 is 11.6 Å². The van der Waals surface area contributed by atoms with Gasteiger partial charge in [0.1, 0.15) is 0 Å². The quantitative estimate of drug-likeness (QED) is 0.888. The van der Waals surface area contributed by atoms with Gasteiger partial charge in [-0.15, -0.1) is 0 Å². The molecule has 0 aliphatic carbocycles. The summed E-state index contributed by atoms with van der Waals surface area (Å²) in [6, 6.07) is 17.8. The second-order valence-electron chi connectivity index (χ2n) is 6.01. The summed E-state index contributed by atoms with van der Waals surface area (Å²) >= 11 is 0. The zero-order chi connectivity index (χ0) is 14.6. The lowest BCUT2D eigenvalue weighted by atomic mass is 9.86. The Bertz CT molecular complexity index is 582. The Labute approximate surface area is 120 Å². The Hall–Kier alpha value is -2.09. The molecule has 0 radical (unpaired) electrons. The average Bonchev–Trinajstić information content (AvgIpc) is 2.39. The van der Waals surface area contributed by atoms with E-state index in [0.29, 0.717) is 6.42 Å². The van der Waals surface area contributed by atoms with Crippen LogP contribution in [0, 0.1) is 0 Å². The summed E-state index contributed by atoms with van der Waals surface area (Å²) in [4.78, 5) is 12.1. The summed E-state index contributed by atoms with van der Waals surface area (Å²) in [5.74, 6) is 0.0212. The molecule has 20 heavy (non-hydrogen) atoms. The van der Waals surface area contributed by atoms with Crippen LogP contribution in [0.3, 0.4) is 0 Å². The molecule has 2 aromatic carbocycles. The summed E-state index contributed by atoms with van der Waals surface area (Å²) in [5, 5.41) is 3.03. The van der Waals surface area contributed by atoms with Crippen LogP contribution in [0.5, 0.6) is 0 Å². The number of benzene rings is 2. The number of nitrogens with one attached hydrogen (secondary N) is 1. The third kappa shape index (κ3) is 3.70. The SMILES string of the molecule is CC(C)(C)c1ccccc1NC(=O)Cc1ccccc1. The van der Waals surface area contributed by atoms with E-state index in [0.717, 1.165) is 16.8 Å². The lowest BCUT2D eigenvalue weighted by Gasteiger charge is -2.23. The van der Waals surface area contributed by atoms with Crippen LogP contribution in [0.15, 0.2) is 54.6 Å². The fourth-order valence-electron chi connectivity index (χ4n) is 2.22. The van der Waals surface area contributed by atoms with Gasteiger partial charge < -0.3 is 5.32 Å². The van der Waals surface area contributed by atoms with Crippen molar-refractivity contribution in [2.24, 2.45) is 0 Å². The molecule has 0 spiro atoms. The smallest absolute Gasteiger partial charge is 0.228 e. The van der Waals surface area contributed by atoms with Crippen molar-refractivity contribution < 1.29 is 4.79 Å². The van der Waals surface area contributed by atoms with E-state index < -0.39 is 0 Å². The number of carbonyl (C=O) groups excluding carboxylic acids is 1. The third-order valence-electron chi connectivity index (χ3n) is 3.22. The average molecular weight is 267 g/mol. The van der Waals surface area contributed by atoms with Gasteiger partial charge in [0.2, 0.25) is 5.91 Å². The van der Waals surface area contributed by atoms with E-state index in [-0.39, 0.29) is 11.3 Å². The Morgan fingerprint density at radius 2 is 1.55 bits per heavy atom. The molecule has 0 aliphatic rings. The van der Waals surface area contributed by atoms with Crippen LogP contribution >= 0.6 is 0 Å². The summed E-state index contributed by atoms with van der Waals surface area (Å²) in [7, 11) is 0. The van der Waals surface area contributed by atoms with E-state index in [1.54, 1.807) is 0 Å². The van der Waals surface area contributed by atoms with Gasteiger partial charge in [-0.2, -0.15) is 0 Å². The maximum atomic E-state index is 12.1. The van der Waals surface area contributed by atoms with Crippen molar-refractivity contribution in [3.63, 3.8) is 0 Å². The maximum Gasteiger partial charge on any atom is 0.228 e. The molecule has 0 aliphatic heterocycles. The molecular weight excluding hydrogens is 246 g/mol. The van der Waals surface area contributed by atoms with E-state index in [1.165, 1.54) is 0 Å². The van der Waals surface area contributed by atoms with Crippen molar-refractivity contribution in [2.45, 2.75) is 32.6 Å². The summed E-state index contributed by atoms with van der Waals surface area (Å²) in [6.45, 7) is 6.44. The van der Waals surface area contributed by atoms with Gasteiger partial charge in [0.25, 0.3) is 0 Å².